The highest BCUT2D eigenvalue weighted by molar-refractivity contribution is 5.98. The van der Waals surface area contributed by atoms with Crippen molar-refractivity contribution < 1.29 is 19.1 Å². The summed E-state index contributed by atoms with van der Waals surface area (Å²) in [5, 5.41) is 15.3. The molecule has 5 rings (SSSR count). The van der Waals surface area contributed by atoms with Crippen molar-refractivity contribution >= 4 is 27.8 Å². The van der Waals surface area contributed by atoms with E-state index < -0.39 is 6.04 Å². The Hall–Kier alpha value is -4.03. The maximum atomic E-state index is 13.5. The Morgan fingerprint density at radius 1 is 1.08 bits per heavy atom. The van der Waals surface area contributed by atoms with Crippen LogP contribution >= 0.6 is 0 Å². The highest BCUT2D eigenvalue weighted by atomic mass is 16.5. The summed E-state index contributed by atoms with van der Waals surface area (Å²) in [6.07, 6.45) is 3.39. The molecule has 184 valence electrons. The van der Waals surface area contributed by atoms with Crippen molar-refractivity contribution in [3.63, 3.8) is 0 Å². The van der Waals surface area contributed by atoms with Crippen molar-refractivity contribution in [2.75, 3.05) is 13.2 Å². The van der Waals surface area contributed by atoms with E-state index in [9.17, 15) is 9.90 Å². The Bertz CT molecular complexity index is 1480. The maximum absolute atomic E-state index is 13.5. The number of hydrogen-bond acceptors (Lipinski definition) is 4. The van der Waals surface area contributed by atoms with Crippen LogP contribution in [0.15, 0.2) is 83.4 Å². The van der Waals surface area contributed by atoms with Gasteiger partial charge >= 0.3 is 0 Å². The number of para-hydroxylation sites is 2. The molecule has 0 fully saturated rings. The summed E-state index contributed by atoms with van der Waals surface area (Å²) in [6.45, 7) is 2.35. The number of rotatable bonds is 9. The molecule has 0 aliphatic heterocycles. The van der Waals surface area contributed by atoms with Gasteiger partial charge in [-0.25, -0.2) is 0 Å². The molecule has 1 amide bonds. The number of furan rings is 1. The van der Waals surface area contributed by atoms with Crippen molar-refractivity contribution in [1.82, 2.24) is 9.88 Å². The first-order chi connectivity index (χ1) is 17.6. The average Bonchev–Trinajstić information content (AvgIpc) is 3.48. The number of hydrogen-bond donors (Lipinski definition) is 2. The fraction of sp³-hybridized carbons (Fsp3) is 0.233. The number of benzene rings is 3. The number of nitrogens with zero attached hydrogens (tertiary/aromatic N) is 1. The lowest BCUT2D eigenvalue weighted by atomic mass is 10.0. The third-order valence-corrected chi connectivity index (χ3v) is 6.40. The van der Waals surface area contributed by atoms with Crippen LogP contribution in [0.5, 0.6) is 5.75 Å². The van der Waals surface area contributed by atoms with E-state index in [-0.39, 0.29) is 12.5 Å². The molecule has 0 aliphatic carbocycles. The number of fused-ring (bicyclic) bond motifs is 2. The summed E-state index contributed by atoms with van der Waals surface area (Å²) in [5.41, 5.74) is 4.18. The molecule has 0 saturated heterocycles. The normalized spacial score (nSPS) is 12.2. The van der Waals surface area contributed by atoms with Crippen molar-refractivity contribution in [2.24, 2.45) is 7.05 Å². The zero-order valence-electron chi connectivity index (χ0n) is 20.5. The lowest BCUT2D eigenvalue weighted by Crippen LogP contribution is -2.39. The van der Waals surface area contributed by atoms with Crippen LogP contribution < -0.4 is 10.1 Å². The number of ether oxygens (including phenoxy) is 1. The fourth-order valence-electron chi connectivity index (χ4n) is 4.60. The molecule has 0 saturated carbocycles. The minimum absolute atomic E-state index is 0.177. The van der Waals surface area contributed by atoms with E-state index in [0.29, 0.717) is 30.1 Å². The van der Waals surface area contributed by atoms with Gasteiger partial charge in [-0.05, 0) is 54.8 Å². The quantitative estimate of drug-likeness (QED) is 0.282. The van der Waals surface area contributed by atoms with Crippen LogP contribution in [0.3, 0.4) is 0 Å². The number of aliphatic hydroxyl groups excluding tert-OH is 1. The molecule has 2 N–H and O–H groups in total. The second kappa shape index (κ2) is 10.3. The molecule has 3 aromatic carbocycles. The Morgan fingerprint density at radius 2 is 1.89 bits per heavy atom. The standard InChI is InChI=1S/C30H30N2O4/c1-3-14-35-28-13-12-21(29-17-20-8-4-7-11-27(20)36-29)16-25(28)30(34)31-23(19-33)15-22-18-32(2)26-10-6-5-9-24(22)26/h4-13,16-18,23,33H,3,14-15,19H2,1-2H3,(H,31,34)/t23-/m1/s1. The average molecular weight is 483 g/mol. The second-order valence-corrected chi connectivity index (χ2v) is 9.05. The summed E-state index contributed by atoms with van der Waals surface area (Å²) in [6, 6.07) is 23.0. The van der Waals surface area contributed by atoms with Crippen molar-refractivity contribution in [2.45, 2.75) is 25.8 Å². The summed E-state index contributed by atoms with van der Waals surface area (Å²) >= 11 is 0. The van der Waals surface area contributed by atoms with E-state index in [1.165, 1.54) is 0 Å². The van der Waals surface area contributed by atoms with Crippen LogP contribution in [-0.4, -0.2) is 34.8 Å². The summed E-state index contributed by atoms with van der Waals surface area (Å²) in [5.74, 6) is 0.899. The predicted molar refractivity (Wildman–Crippen MR) is 142 cm³/mol. The van der Waals surface area contributed by atoms with E-state index in [2.05, 4.69) is 28.2 Å². The molecule has 5 aromatic rings. The maximum Gasteiger partial charge on any atom is 0.255 e. The van der Waals surface area contributed by atoms with E-state index in [0.717, 1.165) is 39.4 Å². The van der Waals surface area contributed by atoms with Crippen LogP contribution in [0.1, 0.15) is 29.3 Å². The highest BCUT2D eigenvalue weighted by Gasteiger charge is 2.20. The number of aromatic nitrogens is 1. The Kier molecular flexibility index (Phi) is 6.78. The summed E-state index contributed by atoms with van der Waals surface area (Å²) in [4.78, 5) is 13.5. The largest absolute Gasteiger partial charge is 0.493 e. The van der Waals surface area contributed by atoms with Gasteiger partial charge in [-0.15, -0.1) is 0 Å². The smallest absolute Gasteiger partial charge is 0.255 e. The van der Waals surface area contributed by atoms with Gasteiger partial charge in [-0.2, -0.15) is 0 Å². The third kappa shape index (κ3) is 4.72. The number of carbonyl (C=O) groups excluding carboxylic acids is 1. The van der Waals surface area contributed by atoms with Gasteiger partial charge in [0.15, 0.2) is 0 Å². The van der Waals surface area contributed by atoms with Gasteiger partial charge < -0.3 is 24.1 Å². The molecule has 2 heterocycles. The van der Waals surface area contributed by atoms with Crippen LogP contribution in [0.4, 0.5) is 0 Å². The number of aliphatic hydroxyl groups is 1. The van der Waals surface area contributed by atoms with E-state index >= 15 is 0 Å². The molecule has 0 radical (unpaired) electrons. The molecule has 0 bridgehead atoms. The molecule has 6 heteroatoms. The first-order valence-corrected chi connectivity index (χ1v) is 12.3. The number of carbonyl (C=O) groups is 1. The van der Waals surface area contributed by atoms with Gasteiger partial charge in [0.2, 0.25) is 0 Å². The molecule has 1 atom stereocenters. The number of nitrogens with one attached hydrogen (secondary N) is 1. The van der Waals surface area contributed by atoms with Crippen LogP contribution in [0.2, 0.25) is 0 Å². The zero-order chi connectivity index (χ0) is 25.1. The molecular formula is C30H30N2O4. The molecule has 0 unspecified atom stereocenters. The van der Waals surface area contributed by atoms with Crippen molar-refractivity contribution in [3.05, 3.63) is 90.1 Å². The fourth-order valence-corrected chi connectivity index (χ4v) is 4.60. The number of amides is 1. The second-order valence-electron chi connectivity index (χ2n) is 9.05. The van der Waals surface area contributed by atoms with Gasteiger partial charge in [-0.1, -0.05) is 43.3 Å². The van der Waals surface area contributed by atoms with Gasteiger partial charge in [0.05, 0.1) is 24.8 Å². The lowest BCUT2D eigenvalue weighted by molar-refractivity contribution is 0.0912. The van der Waals surface area contributed by atoms with Gasteiger partial charge in [0, 0.05) is 35.1 Å². The zero-order valence-corrected chi connectivity index (χ0v) is 20.5. The van der Waals surface area contributed by atoms with Crippen LogP contribution in [0.25, 0.3) is 33.2 Å². The minimum atomic E-state index is -0.447. The van der Waals surface area contributed by atoms with Gasteiger partial charge in [0.1, 0.15) is 17.1 Å². The van der Waals surface area contributed by atoms with E-state index in [1.54, 1.807) is 6.07 Å². The first kappa shape index (κ1) is 23.7. The summed E-state index contributed by atoms with van der Waals surface area (Å²) in [7, 11) is 2.00. The lowest BCUT2D eigenvalue weighted by Gasteiger charge is -2.18. The molecule has 0 aliphatic rings. The van der Waals surface area contributed by atoms with Crippen molar-refractivity contribution in [1.29, 1.82) is 0 Å². The molecular weight excluding hydrogens is 452 g/mol. The van der Waals surface area contributed by atoms with Gasteiger partial charge in [0.25, 0.3) is 5.91 Å². The van der Waals surface area contributed by atoms with E-state index in [4.69, 9.17) is 9.15 Å². The van der Waals surface area contributed by atoms with Crippen LogP contribution in [0, 0.1) is 0 Å². The predicted octanol–water partition coefficient (Wildman–Crippen LogP) is 5.71. The third-order valence-electron chi connectivity index (χ3n) is 6.40. The topological polar surface area (TPSA) is 76.6 Å². The van der Waals surface area contributed by atoms with E-state index in [1.807, 2.05) is 68.6 Å². The van der Waals surface area contributed by atoms with Crippen LogP contribution in [-0.2, 0) is 13.5 Å². The monoisotopic (exact) mass is 482 g/mol. The summed E-state index contributed by atoms with van der Waals surface area (Å²) < 4.78 is 14.0. The molecule has 2 aromatic heterocycles. The Balaban J connectivity index is 1.43. The Labute approximate surface area is 210 Å². The first-order valence-electron chi connectivity index (χ1n) is 12.3. The highest BCUT2D eigenvalue weighted by Crippen LogP contribution is 2.31. The molecule has 6 nitrogen and oxygen atoms in total. The number of aryl methyl sites for hydroxylation is 1. The SMILES string of the molecule is CCCOc1ccc(-c2cc3ccccc3o2)cc1C(=O)N[C@@H](CO)Cc1cn(C)c2ccccc12. The van der Waals surface area contributed by atoms with Crippen molar-refractivity contribution in [3.8, 4) is 17.1 Å². The van der Waals surface area contributed by atoms with Gasteiger partial charge in [-0.3, -0.25) is 4.79 Å². The Morgan fingerprint density at radius 3 is 2.69 bits per heavy atom. The molecule has 0 spiro atoms. The molecule has 36 heavy (non-hydrogen) atoms. The minimum Gasteiger partial charge on any atom is -0.493 e.